The number of fused-ring (bicyclic) bond motifs is 1. The van der Waals surface area contributed by atoms with Crippen molar-refractivity contribution in [3.05, 3.63) is 53.2 Å². The highest BCUT2D eigenvalue weighted by Gasteiger charge is 2.10. The molecule has 1 aromatic carbocycles. The molecule has 0 aliphatic rings. The van der Waals surface area contributed by atoms with Gasteiger partial charge in [-0.05, 0) is 31.5 Å². The van der Waals surface area contributed by atoms with Crippen LogP contribution in [0.2, 0.25) is 0 Å². The van der Waals surface area contributed by atoms with E-state index in [1.807, 2.05) is 23.6 Å². The standard InChI is InChI=1S/C15H16N4/c1-10-4-3-5-12(8-10)9-19-14-13(18-15(19)16)7-6-11(2)17-14/h3-8H,9H2,1-2H3,(H2,16,18). The predicted molar refractivity (Wildman–Crippen MR) is 77.0 cm³/mol. The van der Waals surface area contributed by atoms with Gasteiger partial charge in [-0.25, -0.2) is 9.97 Å². The number of rotatable bonds is 2. The van der Waals surface area contributed by atoms with Gasteiger partial charge in [0.2, 0.25) is 5.95 Å². The van der Waals surface area contributed by atoms with Gasteiger partial charge >= 0.3 is 0 Å². The van der Waals surface area contributed by atoms with Crippen LogP contribution in [-0.4, -0.2) is 14.5 Å². The number of pyridine rings is 1. The molecule has 4 heteroatoms. The molecule has 3 rings (SSSR count). The molecule has 96 valence electrons. The van der Waals surface area contributed by atoms with Gasteiger partial charge in [0, 0.05) is 5.69 Å². The Bertz CT molecular complexity index is 743. The number of aromatic nitrogens is 3. The Balaban J connectivity index is 2.09. The largest absolute Gasteiger partial charge is 0.369 e. The third kappa shape index (κ3) is 2.17. The van der Waals surface area contributed by atoms with E-state index in [1.54, 1.807) is 0 Å². The lowest BCUT2D eigenvalue weighted by Crippen LogP contribution is -2.05. The van der Waals surface area contributed by atoms with E-state index in [9.17, 15) is 0 Å². The molecule has 4 nitrogen and oxygen atoms in total. The van der Waals surface area contributed by atoms with Crippen molar-refractivity contribution in [2.45, 2.75) is 20.4 Å². The van der Waals surface area contributed by atoms with Crippen LogP contribution in [0.15, 0.2) is 36.4 Å². The minimum absolute atomic E-state index is 0.509. The van der Waals surface area contributed by atoms with Crippen LogP contribution in [0, 0.1) is 13.8 Å². The number of nitrogens with two attached hydrogens (primary N) is 1. The maximum absolute atomic E-state index is 6.00. The zero-order chi connectivity index (χ0) is 13.4. The van der Waals surface area contributed by atoms with Gasteiger partial charge in [-0.15, -0.1) is 0 Å². The Kier molecular flexibility index (Phi) is 2.71. The van der Waals surface area contributed by atoms with Crippen molar-refractivity contribution in [3.8, 4) is 0 Å². The first-order chi connectivity index (χ1) is 9.13. The molecule has 0 fully saturated rings. The number of imidazole rings is 1. The maximum atomic E-state index is 6.00. The van der Waals surface area contributed by atoms with Gasteiger partial charge in [0.1, 0.15) is 5.52 Å². The molecular formula is C15H16N4. The minimum Gasteiger partial charge on any atom is -0.369 e. The summed E-state index contributed by atoms with van der Waals surface area (Å²) >= 11 is 0. The van der Waals surface area contributed by atoms with Crippen LogP contribution in [0.3, 0.4) is 0 Å². The van der Waals surface area contributed by atoms with Crippen LogP contribution in [-0.2, 0) is 6.54 Å². The zero-order valence-electron chi connectivity index (χ0n) is 11.1. The van der Waals surface area contributed by atoms with Crippen LogP contribution >= 0.6 is 0 Å². The molecule has 0 spiro atoms. The quantitative estimate of drug-likeness (QED) is 0.763. The van der Waals surface area contributed by atoms with E-state index in [4.69, 9.17) is 5.73 Å². The molecular weight excluding hydrogens is 236 g/mol. The molecule has 3 aromatic rings. The highest BCUT2D eigenvalue weighted by Crippen LogP contribution is 2.18. The summed E-state index contributed by atoms with van der Waals surface area (Å²) in [6.07, 6.45) is 0. The molecule has 0 saturated heterocycles. The van der Waals surface area contributed by atoms with Crippen LogP contribution in [0.4, 0.5) is 5.95 Å². The van der Waals surface area contributed by atoms with Crippen molar-refractivity contribution >= 4 is 17.1 Å². The SMILES string of the molecule is Cc1cccc(Cn2c(N)nc3ccc(C)nc32)c1. The van der Waals surface area contributed by atoms with Gasteiger partial charge < -0.3 is 5.73 Å². The van der Waals surface area contributed by atoms with Crippen molar-refractivity contribution in [1.82, 2.24) is 14.5 Å². The van der Waals surface area contributed by atoms with E-state index in [1.165, 1.54) is 11.1 Å². The number of hydrogen-bond acceptors (Lipinski definition) is 3. The Hall–Kier alpha value is -2.36. The van der Waals surface area contributed by atoms with Crippen LogP contribution in [0.5, 0.6) is 0 Å². The first kappa shape index (κ1) is 11.7. The summed E-state index contributed by atoms with van der Waals surface area (Å²) in [6.45, 7) is 4.75. The lowest BCUT2D eigenvalue weighted by molar-refractivity contribution is 0.825. The second kappa shape index (κ2) is 4.39. The Morgan fingerprint density at radius 2 is 1.95 bits per heavy atom. The maximum Gasteiger partial charge on any atom is 0.202 e. The lowest BCUT2D eigenvalue weighted by atomic mass is 10.1. The summed E-state index contributed by atoms with van der Waals surface area (Å²) < 4.78 is 1.96. The van der Waals surface area contributed by atoms with E-state index in [-0.39, 0.29) is 0 Å². The Morgan fingerprint density at radius 3 is 2.74 bits per heavy atom. The third-order valence-electron chi connectivity index (χ3n) is 3.18. The van der Waals surface area contributed by atoms with Gasteiger partial charge in [0.15, 0.2) is 5.65 Å². The summed E-state index contributed by atoms with van der Waals surface area (Å²) in [7, 11) is 0. The summed E-state index contributed by atoms with van der Waals surface area (Å²) in [4.78, 5) is 8.89. The molecule has 0 saturated carbocycles. The van der Waals surface area contributed by atoms with Crippen molar-refractivity contribution < 1.29 is 0 Å². The highest BCUT2D eigenvalue weighted by atomic mass is 15.2. The number of benzene rings is 1. The van der Waals surface area contributed by atoms with Crippen molar-refractivity contribution in [2.24, 2.45) is 0 Å². The summed E-state index contributed by atoms with van der Waals surface area (Å²) in [5.41, 5.74) is 11.1. The molecule has 2 N–H and O–H groups in total. The Morgan fingerprint density at radius 1 is 1.11 bits per heavy atom. The number of nitrogens with zero attached hydrogens (tertiary/aromatic N) is 3. The summed E-state index contributed by atoms with van der Waals surface area (Å²) in [5.74, 6) is 0.509. The van der Waals surface area contributed by atoms with Crippen molar-refractivity contribution in [1.29, 1.82) is 0 Å². The van der Waals surface area contributed by atoms with Crippen molar-refractivity contribution in [2.75, 3.05) is 5.73 Å². The number of anilines is 1. The molecule has 2 aromatic heterocycles. The smallest absolute Gasteiger partial charge is 0.202 e. The Labute approximate surface area is 111 Å². The number of nitrogen functional groups attached to an aromatic ring is 1. The summed E-state index contributed by atoms with van der Waals surface area (Å²) in [5, 5.41) is 0. The average Bonchev–Trinajstić information content (AvgIpc) is 2.66. The fraction of sp³-hybridized carbons (Fsp3) is 0.200. The lowest BCUT2D eigenvalue weighted by Gasteiger charge is -2.07. The van der Waals surface area contributed by atoms with E-state index in [0.29, 0.717) is 12.5 Å². The first-order valence-corrected chi connectivity index (χ1v) is 6.28. The van der Waals surface area contributed by atoms with Gasteiger partial charge in [-0.1, -0.05) is 29.8 Å². The van der Waals surface area contributed by atoms with Gasteiger partial charge in [-0.2, -0.15) is 0 Å². The fourth-order valence-electron chi connectivity index (χ4n) is 2.26. The van der Waals surface area contributed by atoms with Crippen LogP contribution in [0.1, 0.15) is 16.8 Å². The molecule has 2 heterocycles. The van der Waals surface area contributed by atoms with E-state index >= 15 is 0 Å². The third-order valence-corrected chi connectivity index (χ3v) is 3.18. The molecule has 0 amide bonds. The molecule has 0 unspecified atom stereocenters. The summed E-state index contributed by atoms with van der Waals surface area (Å²) in [6, 6.07) is 12.3. The average molecular weight is 252 g/mol. The molecule has 0 aliphatic heterocycles. The van der Waals surface area contributed by atoms with Gasteiger partial charge in [0.25, 0.3) is 0 Å². The zero-order valence-corrected chi connectivity index (χ0v) is 11.1. The molecule has 0 radical (unpaired) electrons. The number of aryl methyl sites for hydroxylation is 2. The molecule has 0 bridgehead atoms. The normalized spacial score (nSPS) is 11.1. The highest BCUT2D eigenvalue weighted by molar-refractivity contribution is 5.74. The van der Waals surface area contributed by atoms with Crippen LogP contribution in [0.25, 0.3) is 11.2 Å². The second-order valence-corrected chi connectivity index (χ2v) is 4.84. The topological polar surface area (TPSA) is 56.7 Å². The molecule has 19 heavy (non-hydrogen) atoms. The van der Waals surface area contributed by atoms with E-state index < -0.39 is 0 Å². The number of hydrogen-bond donors (Lipinski definition) is 1. The molecule has 0 atom stereocenters. The monoisotopic (exact) mass is 252 g/mol. The van der Waals surface area contributed by atoms with E-state index in [2.05, 4.69) is 41.2 Å². The first-order valence-electron chi connectivity index (χ1n) is 6.28. The fourth-order valence-corrected chi connectivity index (χ4v) is 2.26. The predicted octanol–water partition coefficient (Wildman–Crippen LogP) is 2.68. The second-order valence-electron chi connectivity index (χ2n) is 4.84. The van der Waals surface area contributed by atoms with E-state index in [0.717, 1.165) is 16.9 Å². The van der Waals surface area contributed by atoms with Crippen molar-refractivity contribution in [3.63, 3.8) is 0 Å². The minimum atomic E-state index is 0.509. The van der Waals surface area contributed by atoms with Crippen LogP contribution < -0.4 is 5.73 Å². The molecule has 0 aliphatic carbocycles. The van der Waals surface area contributed by atoms with Gasteiger partial charge in [0.05, 0.1) is 6.54 Å². The van der Waals surface area contributed by atoms with Gasteiger partial charge in [-0.3, -0.25) is 4.57 Å².